The fourth-order valence-corrected chi connectivity index (χ4v) is 4.28. The summed E-state index contributed by atoms with van der Waals surface area (Å²) in [6, 6.07) is 8.27. The Morgan fingerprint density at radius 3 is 2.21 bits per heavy atom. The van der Waals surface area contributed by atoms with E-state index in [0.717, 1.165) is 0 Å². The van der Waals surface area contributed by atoms with Gasteiger partial charge in [0, 0.05) is 12.8 Å². The number of rotatable bonds is 3. The van der Waals surface area contributed by atoms with Gasteiger partial charge < -0.3 is 5.73 Å². The van der Waals surface area contributed by atoms with Gasteiger partial charge in [0.15, 0.2) is 9.84 Å². The minimum atomic E-state index is -3.59. The summed E-state index contributed by atoms with van der Waals surface area (Å²) in [4.78, 5) is 10.2. The normalized spacial score (nSPS) is 21.1. The first-order valence-corrected chi connectivity index (χ1v) is 7.94. The summed E-state index contributed by atoms with van der Waals surface area (Å²) in [5.41, 5.74) is 6.15. The second-order valence-corrected chi connectivity index (χ2v) is 7.67. The topological polar surface area (TPSA) is 77.2 Å². The highest BCUT2D eigenvalue weighted by Gasteiger charge is 2.44. The molecule has 104 valence electrons. The number of hydrogen-bond donors (Lipinski definition) is 1. The van der Waals surface area contributed by atoms with Crippen LogP contribution < -0.4 is 5.73 Å². The van der Waals surface area contributed by atoms with Gasteiger partial charge in [0.2, 0.25) is 0 Å². The number of carbonyl (C=O) groups excluding carboxylic acids is 1. The minimum Gasteiger partial charge on any atom is -0.312 e. The van der Waals surface area contributed by atoms with Crippen LogP contribution >= 0.6 is 0 Å². The first kappa shape index (κ1) is 14.2. The van der Waals surface area contributed by atoms with E-state index in [9.17, 15) is 13.2 Å². The van der Waals surface area contributed by atoms with E-state index in [1.165, 1.54) is 0 Å². The van der Waals surface area contributed by atoms with Crippen LogP contribution in [0.2, 0.25) is 0 Å². The Labute approximate surface area is 113 Å². The van der Waals surface area contributed by atoms with E-state index in [0.29, 0.717) is 25.7 Å². The molecule has 1 aromatic carbocycles. The third-order valence-electron chi connectivity index (χ3n) is 3.99. The van der Waals surface area contributed by atoms with Gasteiger partial charge in [0.05, 0.1) is 4.90 Å². The van der Waals surface area contributed by atoms with Crippen molar-refractivity contribution in [3.8, 4) is 0 Å². The smallest absolute Gasteiger partial charge is 0.196 e. The predicted octanol–water partition coefficient (Wildman–Crippen LogP) is 1.89. The lowest BCUT2D eigenvalue weighted by atomic mass is 9.84. The van der Waals surface area contributed by atoms with E-state index < -0.39 is 14.7 Å². The number of benzene rings is 1. The molecule has 1 fully saturated rings. The number of nitrogens with two attached hydrogens (primary N) is 1. The summed E-state index contributed by atoms with van der Waals surface area (Å²) < 4.78 is 25.2. The molecule has 0 aliphatic heterocycles. The van der Waals surface area contributed by atoms with Crippen molar-refractivity contribution in [2.75, 3.05) is 0 Å². The zero-order chi connectivity index (χ0) is 14.1. The Kier molecular flexibility index (Phi) is 3.78. The van der Waals surface area contributed by atoms with Crippen LogP contribution in [0.5, 0.6) is 0 Å². The molecule has 0 bridgehead atoms. The Bertz CT molecular complexity index is 554. The first-order valence-electron chi connectivity index (χ1n) is 6.46. The van der Waals surface area contributed by atoms with Crippen LogP contribution in [0.25, 0.3) is 0 Å². The molecule has 1 unspecified atom stereocenters. The van der Waals surface area contributed by atoms with Crippen molar-refractivity contribution in [2.24, 2.45) is 11.7 Å². The maximum Gasteiger partial charge on any atom is 0.196 e. The monoisotopic (exact) mass is 281 g/mol. The number of sulfone groups is 1. The molecule has 19 heavy (non-hydrogen) atoms. The van der Waals surface area contributed by atoms with Gasteiger partial charge in [-0.2, -0.15) is 0 Å². The molecule has 1 aliphatic rings. The average Bonchev–Trinajstić information content (AvgIpc) is 2.40. The van der Waals surface area contributed by atoms with Crippen LogP contribution in [-0.4, -0.2) is 19.1 Å². The van der Waals surface area contributed by atoms with Gasteiger partial charge in [-0.05, 0) is 37.8 Å². The summed E-state index contributed by atoms with van der Waals surface area (Å²) in [6.45, 7) is 1.57. The molecule has 2 N–H and O–H groups in total. The molecule has 4 nitrogen and oxygen atoms in total. The second-order valence-electron chi connectivity index (χ2n) is 5.31. The Morgan fingerprint density at radius 2 is 1.68 bits per heavy atom. The third-order valence-corrected chi connectivity index (χ3v) is 6.37. The van der Waals surface area contributed by atoms with Gasteiger partial charge in [-0.3, -0.25) is 4.79 Å². The summed E-state index contributed by atoms with van der Waals surface area (Å²) >= 11 is 0. The molecule has 1 aliphatic carbocycles. The predicted molar refractivity (Wildman–Crippen MR) is 73.2 cm³/mol. The minimum absolute atomic E-state index is 0.171. The molecular weight excluding hydrogens is 262 g/mol. The lowest BCUT2D eigenvalue weighted by Crippen LogP contribution is -2.52. The van der Waals surface area contributed by atoms with Crippen molar-refractivity contribution < 1.29 is 13.2 Å². The van der Waals surface area contributed by atoms with E-state index >= 15 is 0 Å². The van der Waals surface area contributed by atoms with Crippen molar-refractivity contribution in [3.05, 3.63) is 30.3 Å². The fraction of sp³-hybridized carbons (Fsp3) is 0.500. The fourth-order valence-electron chi connectivity index (χ4n) is 2.59. The quantitative estimate of drug-likeness (QED) is 0.918. The van der Waals surface area contributed by atoms with E-state index in [2.05, 4.69) is 0 Å². The maximum absolute atomic E-state index is 12.6. The molecule has 1 saturated carbocycles. The maximum atomic E-state index is 12.6. The molecule has 1 aromatic rings. The van der Waals surface area contributed by atoms with Crippen LogP contribution in [0, 0.1) is 5.92 Å². The van der Waals surface area contributed by atoms with Gasteiger partial charge in [-0.1, -0.05) is 18.2 Å². The summed E-state index contributed by atoms with van der Waals surface area (Å²) in [5.74, 6) is 0.0274. The van der Waals surface area contributed by atoms with E-state index in [4.69, 9.17) is 5.73 Å². The van der Waals surface area contributed by atoms with Gasteiger partial charge in [0.1, 0.15) is 10.7 Å². The van der Waals surface area contributed by atoms with Crippen molar-refractivity contribution in [3.63, 3.8) is 0 Å². The molecule has 0 radical (unpaired) electrons. The number of ketones is 1. The van der Waals surface area contributed by atoms with Crippen molar-refractivity contribution >= 4 is 15.6 Å². The average molecular weight is 281 g/mol. The number of Topliss-reactive ketones (excluding diaryl/α,β-unsaturated/α-hetero) is 1. The van der Waals surface area contributed by atoms with E-state index in [1.54, 1.807) is 37.3 Å². The molecular formula is C14H19NO3S. The first-order chi connectivity index (χ1) is 8.85. The van der Waals surface area contributed by atoms with Crippen LogP contribution in [0.4, 0.5) is 0 Å². The van der Waals surface area contributed by atoms with Crippen molar-refractivity contribution in [1.82, 2.24) is 0 Å². The van der Waals surface area contributed by atoms with Gasteiger partial charge in [-0.25, -0.2) is 8.42 Å². The SMILES string of the molecule is CC(N)(C1CCC(=O)CC1)S(=O)(=O)c1ccccc1. The molecule has 0 heterocycles. The number of carbonyl (C=O) groups is 1. The zero-order valence-electron chi connectivity index (χ0n) is 11.0. The van der Waals surface area contributed by atoms with E-state index in [1.807, 2.05) is 0 Å². The molecule has 1 atom stereocenters. The Morgan fingerprint density at radius 1 is 1.16 bits per heavy atom. The van der Waals surface area contributed by atoms with Crippen LogP contribution in [-0.2, 0) is 14.6 Å². The Hall–Kier alpha value is -1.20. The van der Waals surface area contributed by atoms with Gasteiger partial charge >= 0.3 is 0 Å². The Balaban J connectivity index is 2.31. The van der Waals surface area contributed by atoms with Crippen LogP contribution in [0.1, 0.15) is 32.6 Å². The lowest BCUT2D eigenvalue weighted by Gasteiger charge is -2.35. The van der Waals surface area contributed by atoms with Crippen LogP contribution in [0.3, 0.4) is 0 Å². The highest BCUT2D eigenvalue weighted by atomic mass is 32.2. The van der Waals surface area contributed by atoms with Crippen molar-refractivity contribution in [1.29, 1.82) is 0 Å². The standard InChI is InChI=1S/C14H19NO3S/c1-14(15,11-7-9-12(16)10-8-11)19(17,18)13-5-3-2-4-6-13/h2-6,11H,7-10,15H2,1H3. The molecule has 0 amide bonds. The molecule has 0 saturated heterocycles. The van der Waals surface area contributed by atoms with Crippen molar-refractivity contribution in [2.45, 2.75) is 42.4 Å². The highest BCUT2D eigenvalue weighted by Crippen LogP contribution is 2.36. The molecule has 0 aromatic heterocycles. The highest BCUT2D eigenvalue weighted by molar-refractivity contribution is 7.92. The summed E-state index contributed by atoms with van der Waals surface area (Å²) in [5, 5.41) is 0. The van der Waals surface area contributed by atoms with E-state index in [-0.39, 0.29) is 16.6 Å². The molecule has 0 spiro atoms. The number of hydrogen-bond acceptors (Lipinski definition) is 4. The second kappa shape index (κ2) is 5.06. The summed E-state index contributed by atoms with van der Waals surface area (Å²) in [7, 11) is -3.59. The zero-order valence-corrected chi connectivity index (χ0v) is 11.8. The van der Waals surface area contributed by atoms with Crippen LogP contribution in [0.15, 0.2) is 35.2 Å². The largest absolute Gasteiger partial charge is 0.312 e. The third kappa shape index (κ3) is 2.58. The van der Waals surface area contributed by atoms with Gasteiger partial charge in [-0.15, -0.1) is 0 Å². The molecule has 5 heteroatoms. The summed E-state index contributed by atoms with van der Waals surface area (Å²) in [6.07, 6.45) is 1.97. The lowest BCUT2D eigenvalue weighted by molar-refractivity contribution is -0.121. The molecule has 2 rings (SSSR count). The van der Waals surface area contributed by atoms with Gasteiger partial charge in [0.25, 0.3) is 0 Å².